The van der Waals surface area contributed by atoms with E-state index in [0.29, 0.717) is 12.0 Å². The molecule has 0 bridgehead atoms. The molecule has 1 atom stereocenters. The standard InChI is InChI=1S/C16H17F2N/c1-19-16(9-12-5-3-2-4-6-12)10-13-7-14(17)11-15(18)8-13/h2-8,11,16,19H,9-10H2,1H3. The number of rotatable bonds is 5. The van der Waals surface area contributed by atoms with E-state index in [4.69, 9.17) is 0 Å². The van der Waals surface area contributed by atoms with Crippen LogP contribution >= 0.6 is 0 Å². The quantitative estimate of drug-likeness (QED) is 0.870. The molecule has 2 aromatic carbocycles. The third-order valence-corrected chi connectivity index (χ3v) is 3.14. The maximum Gasteiger partial charge on any atom is 0.126 e. The minimum absolute atomic E-state index is 0.156. The van der Waals surface area contributed by atoms with Crippen LogP contribution in [-0.2, 0) is 12.8 Å². The molecule has 100 valence electrons. The predicted octanol–water partition coefficient (Wildman–Crippen LogP) is 3.34. The van der Waals surface area contributed by atoms with Crippen LogP contribution < -0.4 is 5.32 Å². The molecule has 1 nitrogen and oxygen atoms in total. The van der Waals surface area contributed by atoms with Crippen molar-refractivity contribution in [3.63, 3.8) is 0 Å². The van der Waals surface area contributed by atoms with Gasteiger partial charge in [-0.2, -0.15) is 0 Å². The smallest absolute Gasteiger partial charge is 0.126 e. The molecule has 2 rings (SSSR count). The van der Waals surface area contributed by atoms with Gasteiger partial charge in [-0.05, 0) is 43.1 Å². The van der Waals surface area contributed by atoms with Crippen molar-refractivity contribution < 1.29 is 8.78 Å². The molecule has 1 unspecified atom stereocenters. The monoisotopic (exact) mass is 261 g/mol. The van der Waals surface area contributed by atoms with Gasteiger partial charge < -0.3 is 5.32 Å². The molecular formula is C16H17F2N. The van der Waals surface area contributed by atoms with Crippen molar-refractivity contribution in [1.29, 1.82) is 0 Å². The van der Waals surface area contributed by atoms with Gasteiger partial charge >= 0.3 is 0 Å². The molecule has 2 aromatic rings. The molecule has 0 aliphatic carbocycles. The summed E-state index contributed by atoms with van der Waals surface area (Å²) in [5.74, 6) is -1.05. The van der Waals surface area contributed by atoms with Crippen molar-refractivity contribution in [2.75, 3.05) is 7.05 Å². The highest BCUT2D eigenvalue weighted by Crippen LogP contribution is 2.12. The van der Waals surface area contributed by atoms with Crippen LogP contribution in [0.4, 0.5) is 8.78 Å². The van der Waals surface area contributed by atoms with E-state index in [1.807, 2.05) is 25.2 Å². The zero-order valence-electron chi connectivity index (χ0n) is 10.9. The normalized spacial score (nSPS) is 12.4. The van der Waals surface area contributed by atoms with E-state index in [2.05, 4.69) is 17.4 Å². The minimum Gasteiger partial charge on any atom is -0.316 e. The van der Waals surface area contributed by atoms with Crippen molar-refractivity contribution in [3.8, 4) is 0 Å². The van der Waals surface area contributed by atoms with E-state index < -0.39 is 11.6 Å². The molecule has 0 saturated heterocycles. The number of halogens is 2. The minimum atomic E-state index is -0.524. The van der Waals surface area contributed by atoms with E-state index in [-0.39, 0.29) is 6.04 Å². The lowest BCUT2D eigenvalue weighted by atomic mass is 9.99. The summed E-state index contributed by atoms with van der Waals surface area (Å²) in [7, 11) is 1.86. The van der Waals surface area contributed by atoms with Crippen LogP contribution in [-0.4, -0.2) is 13.1 Å². The maximum atomic E-state index is 13.1. The molecule has 0 radical (unpaired) electrons. The Morgan fingerprint density at radius 3 is 2.05 bits per heavy atom. The van der Waals surface area contributed by atoms with Gasteiger partial charge in [-0.15, -0.1) is 0 Å². The topological polar surface area (TPSA) is 12.0 Å². The second kappa shape index (κ2) is 6.43. The summed E-state index contributed by atoms with van der Waals surface area (Å²) in [5.41, 5.74) is 1.88. The van der Waals surface area contributed by atoms with Crippen molar-refractivity contribution in [1.82, 2.24) is 5.32 Å². The third kappa shape index (κ3) is 4.14. The van der Waals surface area contributed by atoms with Gasteiger partial charge in [0.2, 0.25) is 0 Å². The average molecular weight is 261 g/mol. The van der Waals surface area contributed by atoms with Gasteiger partial charge in [-0.1, -0.05) is 30.3 Å². The number of nitrogens with one attached hydrogen (secondary N) is 1. The van der Waals surface area contributed by atoms with E-state index in [1.54, 1.807) is 0 Å². The first kappa shape index (κ1) is 13.7. The van der Waals surface area contributed by atoms with Gasteiger partial charge in [0.05, 0.1) is 0 Å². The molecule has 0 spiro atoms. The first-order chi connectivity index (χ1) is 9.17. The summed E-state index contributed by atoms with van der Waals surface area (Å²) in [6.07, 6.45) is 1.43. The molecule has 1 N–H and O–H groups in total. The summed E-state index contributed by atoms with van der Waals surface area (Å²) in [6, 6.07) is 13.9. The fraction of sp³-hybridized carbons (Fsp3) is 0.250. The molecule has 0 aliphatic heterocycles. The fourth-order valence-corrected chi connectivity index (χ4v) is 2.19. The van der Waals surface area contributed by atoms with Crippen molar-refractivity contribution in [2.24, 2.45) is 0 Å². The Morgan fingerprint density at radius 2 is 1.47 bits per heavy atom. The highest BCUT2D eigenvalue weighted by Gasteiger charge is 2.10. The van der Waals surface area contributed by atoms with Gasteiger partial charge in [0.1, 0.15) is 11.6 Å². The second-order valence-electron chi connectivity index (χ2n) is 4.66. The van der Waals surface area contributed by atoms with Crippen LogP contribution in [0.25, 0.3) is 0 Å². The van der Waals surface area contributed by atoms with Crippen molar-refractivity contribution in [2.45, 2.75) is 18.9 Å². The van der Waals surface area contributed by atoms with Crippen molar-refractivity contribution >= 4 is 0 Å². The highest BCUT2D eigenvalue weighted by atomic mass is 19.1. The molecule has 0 amide bonds. The molecule has 0 aliphatic rings. The maximum absolute atomic E-state index is 13.1. The summed E-state index contributed by atoms with van der Waals surface area (Å²) < 4.78 is 26.3. The Balaban J connectivity index is 2.06. The Kier molecular flexibility index (Phi) is 4.63. The highest BCUT2D eigenvalue weighted by molar-refractivity contribution is 5.21. The second-order valence-corrected chi connectivity index (χ2v) is 4.66. The first-order valence-electron chi connectivity index (χ1n) is 6.33. The van der Waals surface area contributed by atoms with Gasteiger partial charge in [0.25, 0.3) is 0 Å². The van der Waals surface area contributed by atoms with Crippen LogP contribution in [0.3, 0.4) is 0 Å². The van der Waals surface area contributed by atoms with Crippen LogP contribution in [0.1, 0.15) is 11.1 Å². The molecule has 3 heteroatoms. The third-order valence-electron chi connectivity index (χ3n) is 3.14. The van der Waals surface area contributed by atoms with E-state index in [0.717, 1.165) is 12.5 Å². The zero-order valence-corrected chi connectivity index (χ0v) is 10.9. The molecule has 0 saturated carbocycles. The van der Waals surface area contributed by atoms with E-state index in [1.165, 1.54) is 17.7 Å². The first-order valence-corrected chi connectivity index (χ1v) is 6.33. The van der Waals surface area contributed by atoms with E-state index >= 15 is 0 Å². The molecule has 19 heavy (non-hydrogen) atoms. The molecule has 0 fully saturated rings. The van der Waals surface area contributed by atoms with Crippen LogP contribution in [0.5, 0.6) is 0 Å². The van der Waals surface area contributed by atoms with Gasteiger partial charge in [-0.3, -0.25) is 0 Å². The summed E-state index contributed by atoms with van der Waals surface area (Å²) >= 11 is 0. The largest absolute Gasteiger partial charge is 0.316 e. The van der Waals surface area contributed by atoms with Crippen molar-refractivity contribution in [3.05, 3.63) is 71.3 Å². The van der Waals surface area contributed by atoms with Gasteiger partial charge in [-0.25, -0.2) is 8.78 Å². The zero-order chi connectivity index (χ0) is 13.7. The van der Waals surface area contributed by atoms with Crippen LogP contribution in [0.15, 0.2) is 48.5 Å². The lowest BCUT2D eigenvalue weighted by Gasteiger charge is -2.16. The number of hydrogen-bond donors (Lipinski definition) is 1. The van der Waals surface area contributed by atoms with Crippen LogP contribution in [0, 0.1) is 11.6 Å². The lowest BCUT2D eigenvalue weighted by Crippen LogP contribution is -2.30. The van der Waals surface area contributed by atoms with Crippen LogP contribution in [0.2, 0.25) is 0 Å². The molecule has 0 heterocycles. The Bertz CT molecular complexity index is 505. The van der Waals surface area contributed by atoms with E-state index in [9.17, 15) is 8.78 Å². The average Bonchev–Trinajstić information content (AvgIpc) is 2.38. The Labute approximate surface area is 112 Å². The van der Waals surface area contributed by atoms with Gasteiger partial charge in [0, 0.05) is 12.1 Å². The number of hydrogen-bond acceptors (Lipinski definition) is 1. The summed E-state index contributed by atoms with van der Waals surface area (Å²) in [5, 5.41) is 3.19. The van der Waals surface area contributed by atoms with Gasteiger partial charge in [0.15, 0.2) is 0 Å². The fourth-order valence-electron chi connectivity index (χ4n) is 2.19. The number of likely N-dealkylation sites (N-methyl/N-ethyl adjacent to an activating group) is 1. The predicted molar refractivity (Wildman–Crippen MR) is 73.1 cm³/mol. The molecule has 0 aromatic heterocycles. The summed E-state index contributed by atoms with van der Waals surface area (Å²) in [6.45, 7) is 0. The Morgan fingerprint density at radius 1 is 0.895 bits per heavy atom. The number of benzene rings is 2. The summed E-state index contributed by atoms with van der Waals surface area (Å²) in [4.78, 5) is 0. The molecular weight excluding hydrogens is 244 g/mol. The SMILES string of the molecule is CNC(Cc1ccccc1)Cc1cc(F)cc(F)c1. The lowest BCUT2D eigenvalue weighted by molar-refractivity contribution is 0.543. The Hall–Kier alpha value is -1.74.